The molecular formula is C13H26O2. The fourth-order valence-electron chi connectivity index (χ4n) is 1.53. The summed E-state index contributed by atoms with van der Waals surface area (Å²) in [6.45, 7) is 8.81. The normalized spacial score (nSPS) is 13.1. The van der Waals surface area contributed by atoms with Crippen LogP contribution in [0.3, 0.4) is 0 Å². The van der Waals surface area contributed by atoms with Gasteiger partial charge in [0.1, 0.15) is 6.10 Å². The molecule has 0 aromatic carbocycles. The highest BCUT2D eigenvalue weighted by Gasteiger charge is 2.19. The van der Waals surface area contributed by atoms with Crippen molar-refractivity contribution in [2.45, 2.75) is 65.9 Å². The van der Waals surface area contributed by atoms with Crippen LogP contribution >= 0.6 is 0 Å². The van der Waals surface area contributed by atoms with Crippen molar-refractivity contribution in [2.24, 2.45) is 5.92 Å². The number of hydrogen-bond acceptors (Lipinski definition) is 2. The van der Waals surface area contributed by atoms with Gasteiger partial charge in [-0.2, -0.15) is 0 Å². The highest BCUT2D eigenvalue weighted by atomic mass is 16.5. The van der Waals surface area contributed by atoms with E-state index in [0.29, 0.717) is 0 Å². The van der Waals surface area contributed by atoms with Gasteiger partial charge in [-0.1, -0.05) is 47.0 Å². The van der Waals surface area contributed by atoms with Crippen molar-refractivity contribution < 1.29 is 9.53 Å². The summed E-state index contributed by atoms with van der Waals surface area (Å²) in [5, 5.41) is 0. The van der Waals surface area contributed by atoms with E-state index in [-0.39, 0.29) is 17.8 Å². The second kappa shape index (κ2) is 8.90. The van der Waals surface area contributed by atoms with Crippen LogP contribution < -0.4 is 0 Å². The van der Waals surface area contributed by atoms with Crippen LogP contribution in [0.4, 0.5) is 0 Å². The van der Waals surface area contributed by atoms with E-state index in [4.69, 9.17) is 4.74 Å². The molecule has 0 spiro atoms. The van der Waals surface area contributed by atoms with Gasteiger partial charge in [0.05, 0.1) is 0 Å². The first-order valence-electron chi connectivity index (χ1n) is 6.28. The molecule has 0 unspecified atom stereocenters. The summed E-state index contributed by atoms with van der Waals surface area (Å²) in [5.74, 6) is 0.332. The monoisotopic (exact) mass is 214 g/mol. The number of hydrogen-bond donors (Lipinski definition) is 0. The Labute approximate surface area is 94.4 Å². The number of ketones is 1. The van der Waals surface area contributed by atoms with Gasteiger partial charge in [-0.05, 0) is 12.8 Å². The zero-order chi connectivity index (χ0) is 11.7. The van der Waals surface area contributed by atoms with Crippen molar-refractivity contribution in [2.75, 3.05) is 6.61 Å². The van der Waals surface area contributed by atoms with E-state index >= 15 is 0 Å². The largest absolute Gasteiger partial charge is 0.370 e. The Bertz CT molecular complexity index is 164. The van der Waals surface area contributed by atoms with Gasteiger partial charge in [0.15, 0.2) is 5.78 Å². The molecule has 0 aromatic rings. The van der Waals surface area contributed by atoms with E-state index in [1.165, 1.54) is 19.3 Å². The molecule has 2 heteroatoms. The summed E-state index contributed by atoms with van der Waals surface area (Å²) in [4.78, 5) is 11.7. The molecule has 0 saturated carbocycles. The second-order valence-corrected chi connectivity index (χ2v) is 4.39. The van der Waals surface area contributed by atoms with Crippen LogP contribution in [0.15, 0.2) is 0 Å². The lowest BCUT2D eigenvalue weighted by molar-refractivity contribution is -0.134. The molecule has 0 saturated heterocycles. The van der Waals surface area contributed by atoms with Crippen LogP contribution in [-0.4, -0.2) is 18.5 Å². The molecule has 0 aliphatic rings. The Morgan fingerprint density at radius 1 is 1.13 bits per heavy atom. The third-order valence-corrected chi connectivity index (χ3v) is 2.57. The van der Waals surface area contributed by atoms with Gasteiger partial charge in [0.2, 0.25) is 0 Å². The topological polar surface area (TPSA) is 26.3 Å². The van der Waals surface area contributed by atoms with Crippen molar-refractivity contribution in [3.63, 3.8) is 0 Å². The molecule has 15 heavy (non-hydrogen) atoms. The van der Waals surface area contributed by atoms with Crippen molar-refractivity contribution in [3.8, 4) is 0 Å². The highest BCUT2D eigenvalue weighted by Crippen LogP contribution is 2.09. The van der Waals surface area contributed by atoms with E-state index in [1.807, 2.05) is 20.8 Å². The maximum atomic E-state index is 11.7. The predicted octanol–water partition coefficient (Wildman–Crippen LogP) is 3.59. The minimum absolute atomic E-state index is 0.0885. The van der Waals surface area contributed by atoms with Gasteiger partial charge in [0, 0.05) is 12.5 Å². The van der Waals surface area contributed by atoms with Crippen LogP contribution in [0.1, 0.15) is 59.8 Å². The molecule has 0 amide bonds. The standard InChI is InChI=1S/C13H26O2/c1-5-7-8-9-10-15-12(6-2)13(14)11(3)4/h11-12H,5-10H2,1-4H3/t12-/m1/s1. The predicted molar refractivity (Wildman–Crippen MR) is 64.0 cm³/mol. The summed E-state index contributed by atoms with van der Waals surface area (Å²) in [6, 6.07) is 0. The van der Waals surface area contributed by atoms with E-state index in [2.05, 4.69) is 6.92 Å². The zero-order valence-corrected chi connectivity index (χ0v) is 10.7. The average Bonchev–Trinajstić information content (AvgIpc) is 2.22. The van der Waals surface area contributed by atoms with E-state index in [1.54, 1.807) is 0 Å². The van der Waals surface area contributed by atoms with Gasteiger partial charge in [-0.3, -0.25) is 4.79 Å². The van der Waals surface area contributed by atoms with Crippen LogP contribution in [0.5, 0.6) is 0 Å². The lowest BCUT2D eigenvalue weighted by Gasteiger charge is -2.16. The van der Waals surface area contributed by atoms with Gasteiger partial charge in [-0.15, -0.1) is 0 Å². The first-order valence-corrected chi connectivity index (χ1v) is 6.28. The Balaban J connectivity index is 3.66. The Morgan fingerprint density at radius 3 is 2.27 bits per heavy atom. The lowest BCUT2D eigenvalue weighted by Crippen LogP contribution is -2.28. The maximum Gasteiger partial charge on any atom is 0.164 e. The highest BCUT2D eigenvalue weighted by molar-refractivity contribution is 5.84. The molecule has 0 bridgehead atoms. The van der Waals surface area contributed by atoms with E-state index in [9.17, 15) is 4.79 Å². The smallest absolute Gasteiger partial charge is 0.164 e. The summed E-state index contributed by atoms with van der Waals surface area (Å²) < 4.78 is 5.61. The van der Waals surface area contributed by atoms with Gasteiger partial charge in [0.25, 0.3) is 0 Å². The molecule has 0 radical (unpaired) electrons. The molecule has 0 aliphatic heterocycles. The summed E-state index contributed by atoms with van der Waals surface area (Å²) >= 11 is 0. The number of carbonyl (C=O) groups is 1. The Kier molecular flexibility index (Phi) is 8.68. The number of Topliss-reactive ketones (excluding diaryl/α,β-unsaturated/α-hetero) is 1. The van der Waals surface area contributed by atoms with Crippen LogP contribution in [0.2, 0.25) is 0 Å². The number of unbranched alkanes of at least 4 members (excludes halogenated alkanes) is 3. The third kappa shape index (κ3) is 6.67. The first-order chi connectivity index (χ1) is 7.13. The molecule has 0 heterocycles. The minimum atomic E-state index is -0.174. The van der Waals surface area contributed by atoms with Gasteiger partial charge >= 0.3 is 0 Å². The maximum absolute atomic E-state index is 11.7. The molecule has 2 nitrogen and oxygen atoms in total. The molecule has 0 aliphatic carbocycles. The van der Waals surface area contributed by atoms with Crippen LogP contribution in [0, 0.1) is 5.92 Å². The summed E-state index contributed by atoms with van der Waals surface area (Å²) in [7, 11) is 0. The number of ether oxygens (including phenoxy) is 1. The zero-order valence-electron chi connectivity index (χ0n) is 10.7. The molecule has 0 aromatic heterocycles. The van der Waals surface area contributed by atoms with Crippen molar-refractivity contribution in [1.82, 2.24) is 0 Å². The van der Waals surface area contributed by atoms with Crippen molar-refractivity contribution >= 4 is 5.78 Å². The Hall–Kier alpha value is -0.370. The fourth-order valence-corrected chi connectivity index (χ4v) is 1.53. The molecule has 0 rings (SSSR count). The van der Waals surface area contributed by atoms with E-state index < -0.39 is 0 Å². The Morgan fingerprint density at radius 2 is 1.80 bits per heavy atom. The minimum Gasteiger partial charge on any atom is -0.370 e. The van der Waals surface area contributed by atoms with Gasteiger partial charge < -0.3 is 4.74 Å². The molecular weight excluding hydrogens is 188 g/mol. The first kappa shape index (κ1) is 14.6. The molecule has 0 N–H and O–H groups in total. The molecule has 90 valence electrons. The third-order valence-electron chi connectivity index (χ3n) is 2.57. The van der Waals surface area contributed by atoms with Crippen LogP contribution in [-0.2, 0) is 9.53 Å². The summed E-state index contributed by atoms with van der Waals surface area (Å²) in [6.07, 6.45) is 5.41. The lowest BCUT2D eigenvalue weighted by atomic mass is 10.0. The molecule has 0 fully saturated rings. The molecule has 1 atom stereocenters. The van der Waals surface area contributed by atoms with E-state index in [0.717, 1.165) is 19.4 Å². The summed E-state index contributed by atoms with van der Waals surface area (Å²) in [5.41, 5.74) is 0. The fraction of sp³-hybridized carbons (Fsp3) is 0.923. The average molecular weight is 214 g/mol. The SMILES string of the molecule is CCCCCCO[C@H](CC)C(=O)C(C)C. The quantitative estimate of drug-likeness (QED) is 0.548. The van der Waals surface area contributed by atoms with Crippen molar-refractivity contribution in [3.05, 3.63) is 0 Å². The van der Waals surface area contributed by atoms with Gasteiger partial charge in [-0.25, -0.2) is 0 Å². The number of carbonyl (C=O) groups excluding carboxylic acids is 1. The number of rotatable bonds is 9. The second-order valence-electron chi connectivity index (χ2n) is 4.39. The van der Waals surface area contributed by atoms with Crippen LogP contribution in [0.25, 0.3) is 0 Å². The van der Waals surface area contributed by atoms with Crippen molar-refractivity contribution in [1.29, 1.82) is 0 Å².